The van der Waals surface area contributed by atoms with Gasteiger partial charge in [0.15, 0.2) is 5.60 Å². The van der Waals surface area contributed by atoms with Crippen molar-refractivity contribution in [2.45, 2.75) is 5.60 Å². The number of rotatable bonds is 5. The Bertz CT molecular complexity index is 884. The highest BCUT2D eigenvalue weighted by Gasteiger charge is 2.40. The van der Waals surface area contributed by atoms with Gasteiger partial charge in [0.1, 0.15) is 5.82 Å². The van der Waals surface area contributed by atoms with Crippen molar-refractivity contribution in [2.24, 2.45) is 0 Å². The van der Waals surface area contributed by atoms with Crippen LogP contribution in [0.1, 0.15) is 11.1 Å². The van der Waals surface area contributed by atoms with Crippen LogP contribution in [-0.2, 0) is 10.4 Å². The van der Waals surface area contributed by atoms with Gasteiger partial charge in [-0.3, -0.25) is 15.6 Å². The average Bonchev–Trinajstić information content (AvgIpc) is 2.68. The third kappa shape index (κ3) is 4.22. The van der Waals surface area contributed by atoms with Gasteiger partial charge in [0.05, 0.1) is 5.69 Å². The molecule has 3 N–H and O–H groups in total. The van der Waals surface area contributed by atoms with Gasteiger partial charge in [-0.2, -0.15) is 0 Å². The highest BCUT2D eigenvalue weighted by atomic mass is 35.5. The van der Waals surface area contributed by atoms with Crippen molar-refractivity contribution < 1.29 is 14.3 Å². The van der Waals surface area contributed by atoms with E-state index in [9.17, 15) is 14.3 Å². The average molecular weight is 405 g/mol. The number of aliphatic hydroxyl groups is 1. The summed E-state index contributed by atoms with van der Waals surface area (Å²) in [5, 5.41) is 12.3. The highest BCUT2D eigenvalue weighted by Crippen LogP contribution is 2.31. The summed E-state index contributed by atoms with van der Waals surface area (Å²) in [5.41, 5.74) is 4.23. The van der Waals surface area contributed by atoms with Gasteiger partial charge in [0.25, 0.3) is 5.91 Å². The van der Waals surface area contributed by atoms with Gasteiger partial charge in [0.2, 0.25) is 0 Å². The summed E-state index contributed by atoms with van der Waals surface area (Å²) in [4.78, 5) is 12.9. The van der Waals surface area contributed by atoms with Crippen LogP contribution in [0.15, 0.2) is 72.8 Å². The normalized spacial score (nSPS) is 11.1. The van der Waals surface area contributed by atoms with Gasteiger partial charge in [-0.15, -0.1) is 0 Å². The van der Waals surface area contributed by atoms with E-state index in [1.807, 2.05) is 0 Å². The number of carbonyl (C=O) groups excluding carboxylic acids is 1. The molecule has 138 valence electrons. The van der Waals surface area contributed by atoms with Gasteiger partial charge in [-0.25, -0.2) is 4.39 Å². The van der Waals surface area contributed by atoms with Crippen LogP contribution < -0.4 is 10.9 Å². The molecule has 0 bridgehead atoms. The van der Waals surface area contributed by atoms with E-state index in [0.717, 1.165) is 0 Å². The molecule has 0 fully saturated rings. The van der Waals surface area contributed by atoms with Crippen LogP contribution in [0, 0.1) is 5.82 Å². The zero-order chi connectivity index (χ0) is 19.4. The van der Waals surface area contributed by atoms with Crippen LogP contribution in [0.2, 0.25) is 10.0 Å². The topological polar surface area (TPSA) is 61.4 Å². The van der Waals surface area contributed by atoms with Crippen LogP contribution >= 0.6 is 23.2 Å². The lowest BCUT2D eigenvalue weighted by Crippen LogP contribution is -2.47. The number of benzene rings is 3. The van der Waals surface area contributed by atoms with Crippen molar-refractivity contribution in [3.05, 3.63) is 99.8 Å². The number of halogens is 3. The van der Waals surface area contributed by atoms with Gasteiger partial charge in [-0.1, -0.05) is 47.5 Å². The molecule has 0 atom stereocenters. The number of carbonyl (C=O) groups is 1. The summed E-state index contributed by atoms with van der Waals surface area (Å²) >= 11 is 11.8. The molecular formula is C20H15Cl2FN2O2. The minimum absolute atomic E-state index is 0.327. The van der Waals surface area contributed by atoms with E-state index in [-0.39, 0.29) is 0 Å². The molecule has 0 saturated carbocycles. The van der Waals surface area contributed by atoms with Crippen molar-refractivity contribution in [2.75, 3.05) is 5.43 Å². The Hall–Kier alpha value is -2.60. The Morgan fingerprint density at radius 2 is 1.26 bits per heavy atom. The molecular weight excluding hydrogens is 390 g/mol. The number of anilines is 1. The van der Waals surface area contributed by atoms with E-state index >= 15 is 0 Å². The Morgan fingerprint density at radius 1 is 0.815 bits per heavy atom. The van der Waals surface area contributed by atoms with Gasteiger partial charge < -0.3 is 5.11 Å². The second-order valence-electron chi connectivity index (χ2n) is 5.81. The summed E-state index contributed by atoms with van der Waals surface area (Å²) in [5.74, 6) is -1.12. The number of hydrazine groups is 1. The molecule has 0 unspecified atom stereocenters. The van der Waals surface area contributed by atoms with Crippen molar-refractivity contribution in [1.29, 1.82) is 0 Å². The molecule has 0 heterocycles. The lowest BCUT2D eigenvalue weighted by atomic mass is 9.85. The Kier molecular flexibility index (Phi) is 5.65. The smallest absolute Gasteiger partial charge is 0.279 e. The first-order valence-corrected chi connectivity index (χ1v) is 8.71. The second-order valence-corrected chi connectivity index (χ2v) is 6.68. The molecule has 3 rings (SSSR count). The SMILES string of the molecule is O=C(NNc1ccc(F)cc1)C(O)(c1ccc(Cl)cc1)c1ccc(Cl)cc1. The molecule has 4 nitrogen and oxygen atoms in total. The molecule has 0 aromatic heterocycles. The molecule has 0 radical (unpaired) electrons. The molecule has 1 amide bonds. The third-order valence-corrected chi connectivity index (χ3v) is 4.52. The zero-order valence-corrected chi connectivity index (χ0v) is 15.4. The zero-order valence-electron chi connectivity index (χ0n) is 13.9. The summed E-state index contributed by atoms with van der Waals surface area (Å²) in [6.07, 6.45) is 0. The van der Waals surface area contributed by atoms with Crippen LogP contribution in [0.3, 0.4) is 0 Å². The van der Waals surface area contributed by atoms with Crippen molar-refractivity contribution in [3.63, 3.8) is 0 Å². The second kappa shape index (κ2) is 7.96. The van der Waals surface area contributed by atoms with Crippen LogP contribution in [0.25, 0.3) is 0 Å². The van der Waals surface area contributed by atoms with Crippen LogP contribution in [-0.4, -0.2) is 11.0 Å². The fraction of sp³-hybridized carbons (Fsp3) is 0.0500. The largest absolute Gasteiger partial charge is 0.372 e. The minimum atomic E-state index is -2.00. The molecule has 0 saturated heterocycles. The first kappa shape index (κ1) is 19.2. The summed E-state index contributed by atoms with van der Waals surface area (Å²) in [6, 6.07) is 18.0. The molecule has 0 spiro atoms. The molecule has 0 aliphatic rings. The predicted molar refractivity (Wildman–Crippen MR) is 104 cm³/mol. The van der Waals surface area contributed by atoms with Crippen molar-refractivity contribution in [1.82, 2.24) is 5.43 Å². The Balaban J connectivity index is 1.93. The van der Waals surface area contributed by atoms with E-state index in [1.54, 1.807) is 48.5 Å². The first-order valence-electron chi connectivity index (χ1n) is 7.96. The van der Waals surface area contributed by atoms with Gasteiger partial charge in [-0.05, 0) is 59.7 Å². The first-order chi connectivity index (χ1) is 12.9. The van der Waals surface area contributed by atoms with Crippen LogP contribution in [0.4, 0.5) is 10.1 Å². The molecule has 0 aliphatic heterocycles. The highest BCUT2D eigenvalue weighted by molar-refractivity contribution is 6.30. The summed E-state index contributed by atoms with van der Waals surface area (Å²) in [6.45, 7) is 0. The van der Waals surface area contributed by atoms with Crippen LogP contribution in [0.5, 0.6) is 0 Å². The lowest BCUT2D eigenvalue weighted by molar-refractivity contribution is -0.136. The number of amides is 1. The number of hydrogen-bond acceptors (Lipinski definition) is 3. The van der Waals surface area contributed by atoms with Gasteiger partial charge in [0, 0.05) is 10.0 Å². The Labute approximate surface area is 165 Å². The fourth-order valence-electron chi connectivity index (χ4n) is 2.56. The predicted octanol–water partition coefficient (Wildman–Crippen LogP) is 4.51. The quantitative estimate of drug-likeness (QED) is 0.548. The van der Waals surface area contributed by atoms with Crippen molar-refractivity contribution >= 4 is 34.8 Å². The summed E-state index contributed by atoms with van der Waals surface area (Å²) in [7, 11) is 0. The maximum Gasteiger partial charge on any atom is 0.279 e. The van der Waals surface area contributed by atoms with E-state index in [2.05, 4.69) is 10.9 Å². The van der Waals surface area contributed by atoms with E-state index < -0.39 is 17.3 Å². The molecule has 7 heteroatoms. The monoisotopic (exact) mass is 404 g/mol. The molecule has 3 aromatic rings. The fourth-order valence-corrected chi connectivity index (χ4v) is 2.82. The summed E-state index contributed by atoms with van der Waals surface area (Å²) < 4.78 is 13.0. The molecule has 0 aliphatic carbocycles. The number of nitrogens with one attached hydrogen (secondary N) is 2. The van der Waals surface area contributed by atoms with Crippen molar-refractivity contribution in [3.8, 4) is 0 Å². The third-order valence-electron chi connectivity index (χ3n) is 4.02. The van der Waals surface area contributed by atoms with E-state index in [0.29, 0.717) is 26.9 Å². The van der Waals surface area contributed by atoms with E-state index in [1.165, 1.54) is 24.3 Å². The molecule has 3 aromatic carbocycles. The standard InChI is InChI=1S/C20H15Cl2FN2O2/c21-15-5-1-13(2-6-15)20(27,14-3-7-16(22)8-4-14)19(26)25-24-18-11-9-17(23)10-12-18/h1-12,24,27H,(H,25,26). The van der Waals surface area contributed by atoms with E-state index in [4.69, 9.17) is 23.2 Å². The van der Waals surface area contributed by atoms with Gasteiger partial charge >= 0.3 is 0 Å². The minimum Gasteiger partial charge on any atom is -0.372 e. The lowest BCUT2D eigenvalue weighted by Gasteiger charge is -2.28. The number of hydrogen-bond donors (Lipinski definition) is 3. The molecule has 27 heavy (non-hydrogen) atoms. The Morgan fingerprint density at radius 3 is 1.70 bits per heavy atom. The maximum absolute atomic E-state index is 13.0. The maximum atomic E-state index is 13.0.